The number of esters is 1. The number of aromatic nitrogens is 1. The van der Waals surface area contributed by atoms with E-state index in [0.717, 1.165) is 16.3 Å². The van der Waals surface area contributed by atoms with E-state index in [0.29, 0.717) is 18.7 Å². The van der Waals surface area contributed by atoms with Crippen molar-refractivity contribution in [3.05, 3.63) is 28.6 Å². The van der Waals surface area contributed by atoms with Crippen molar-refractivity contribution in [2.45, 2.75) is 26.8 Å². The van der Waals surface area contributed by atoms with Crippen LogP contribution in [0.2, 0.25) is 0 Å². The number of amides is 3. The Morgan fingerprint density at radius 2 is 2.14 bits per heavy atom. The molecule has 1 aromatic heterocycles. The lowest BCUT2D eigenvalue weighted by Crippen LogP contribution is -2.37. The van der Waals surface area contributed by atoms with Gasteiger partial charge in [0.1, 0.15) is 11.6 Å². The van der Waals surface area contributed by atoms with Crippen LogP contribution < -0.4 is 5.32 Å². The molecule has 28 heavy (non-hydrogen) atoms. The van der Waals surface area contributed by atoms with Gasteiger partial charge >= 0.3 is 12.0 Å². The maximum absolute atomic E-state index is 12.2. The van der Waals surface area contributed by atoms with Gasteiger partial charge in [0.05, 0.1) is 12.6 Å². The van der Waals surface area contributed by atoms with Gasteiger partial charge in [-0.2, -0.15) is 5.26 Å². The fourth-order valence-corrected chi connectivity index (χ4v) is 3.23. The Labute approximate surface area is 163 Å². The first-order chi connectivity index (χ1) is 13.3. The number of nitrogens with one attached hydrogen (secondary N) is 1. The molecule has 9 heteroatoms. The summed E-state index contributed by atoms with van der Waals surface area (Å²) in [7, 11) is 1.63. The summed E-state index contributed by atoms with van der Waals surface area (Å²) in [6.45, 7) is 6.34. The molecule has 1 N–H and O–H groups in total. The van der Waals surface area contributed by atoms with Crippen LogP contribution in [0.1, 0.15) is 29.9 Å². The number of nitriles is 1. The fraction of sp³-hybridized carbons (Fsp3) is 0.474. The minimum Gasteiger partial charge on any atom is -0.451 e. The third-order valence-corrected chi connectivity index (χ3v) is 4.50. The molecule has 0 unspecified atom stereocenters. The molecule has 0 radical (unpaired) electrons. The number of carbonyl (C=O) groups excluding carboxylic acids is 3. The number of imide groups is 1. The molecule has 1 fully saturated rings. The molecule has 0 aromatic carbocycles. The van der Waals surface area contributed by atoms with Crippen molar-refractivity contribution in [3.63, 3.8) is 0 Å². The molecule has 2 heterocycles. The number of hydrogen-bond donors (Lipinski definition) is 1. The van der Waals surface area contributed by atoms with Crippen LogP contribution in [0.3, 0.4) is 0 Å². The first-order valence-corrected chi connectivity index (χ1v) is 8.84. The van der Waals surface area contributed by atoms with Crippen LogP contribution in [0.5, 0.6) is 0 Å². The number of rotatable bonds is 7. The van der Waals surface area contributed by atoms with Gasteiger partial charge in [-0.15, -0.1) is 0 Å². The Kier molecular flexibility index (Phi) is 6.95. The van der Waals surface area contributed by atoms with Crippen molar-refractivity contribution in [2.24, 2.45) is 0 Å². The van der Waals surface area contributed by atoms with Gasteiger partial charge in [-0.1, -0.05) is 0 Å². The molecule has 3 amide bonds. The summed E-state index contributed by atoms with van der Waals surface area (Å²) in [6, 6.07) is 3.25. The van der Waals surface area contributed by atoms with Gasteiger partial charge in [0, 0.05) is 31.6 Å². The monoisotopic (exact) mass is 388 g/mol. The van der Waals surface area contributed by atoms with Gasteiger partial charge in [0.15, 0.2) is 6.61 Å². The van der Waals surface area contributed by atoms with Crippen LogP contribution in [-0.2, 0) is 19.1 Å². The van der Waals surface area contributed by atoms with E-state index in [-0.39, 0.29) is 18.2 Å². The molecule has 150 valence electrons. The predicted molar refractivity (Wildman–Crippen MR) is 100 cm³/mol. The summed E-state index contributed by atoms with van der Waals surface area (Å²) in [6.07, 6.45) is 1.44. The second-order valence-corrected chi connectivity index (χ2v) is 6.52. The van der Waals surface area contributed by atoms with E-state index in [2.05, 4.69) is 9.88 Å². The first-order valence-electron chi connectivity index (χ1n) is 8.84. The van der Waals surface area contributed by atoms with Crippen LogP contribution in [0, 0.1) is 25.2 Å². The number of urea groups is 1. The van der Waals surface area contributed by atoms with Gasteiger partial charge in [0.2, 0.25) is 0 Å². The summed E-state index contributed by atoms with van der Waals surface area (Å²) in [5.74, 6) is -1.54. The number of carbonyl (C=O) groups is 3. The Balaban J connectivity index is 2.12. The lowest BCUT2D eigenvalue weighted by Gasteiger charge is -2.17. The second kappa shape index (κ2) is 9.19. The molecule has 0 saturated carbocycles. The number of hydrogen-bond acceptors (Lipinski definition) is 6. The quantitative estimate of drug-likeness (QED) is 0.428. The average molecular weight is 388 g/mol. The van der Waals surface area contributed by atoms with Gasteiger partial charge in [-0.25, -0.2) is 9.59 Å². The third kappa shape index (κ3) is 4.58. The molecule has 1 saturated heterocycles. The van der Waals surface area contributed by atoms with Gasteiger partial charge in [0.25, 0.3) is 5.91 Å². The fourth-order valence-electron chi connectivity index (χ4n) is 3.23. The highest BCUT2D eigenvalue weighted by Gasteiger charge is 2.27. The van der Waals surface area contributed by atoms with Crippen LogP contribution in [0.4, 0.5) is 4.79 Å². The van der Waals surface area contributed by atoms with E-state index in [9.17, 15) is 19.6 Å². The topological polar surface area (TPSA) is 114 Å². The first kappa shape index (κ1) is 21.2. The summed E-state index contributed by atoms with van der Waals surface area (Å²) in [5, 5.41) is 11.8. The summed E-state index contributed by atoms with van der Waals surface area (Å²) in [4.78, 5) is 36.6. The van der Waals surface area contributed by atoms with Crippen molar-refractivity contribution < 1.29 is 23.9 Å². The molecule has 2 rings (SSSR count). The maximum atomic E-state index is 12.2. The van der Waals surface area contributed by atoms with E-state index in [4.69, 9.17) is 9.47 Å². The number of methoxy groups -OCH3 is 1. The zero-order valence-electron chi connectivity index (χ0n) is 16.4. The number of aryl methyl sites for hydroxylation is 1. The van der Waals surface area contributed by atoms with Crippen molar-refractivity contribution in [1.82, 2.24) is 14.8 Å². The van der Waals surface area contributed by atoms with Crippen LogP contribution >= 0.6 is 0 Å². The molecule has 0 aliphatic carbocycles. The van der Waals surface area contributed by atoms with Crippen molar-refractivity contribution in [2.75, 3.05) is 33.4 Å². The van der Waals surface area contributed by atoms with E-state index in [1.54, 1.807) is 7.11 Å². The highest BCUT2D eigenvalue weighted by atomic mass is 16.5. The minimum absolute atomic E-state index is 0.0915. The SMILES string of the molecule is COC[C@@H](C)n1c(C)cc(/C=C(\C#N)C(=O)OCC(=O)N2CCNC2=O)c1C. The van der Waals surface area contributed by atoms with E-state index in [1.807, 2.05) is 32.9 Å². The van der Waals surface area contributed by atoms with Crippen LogP contribution in [0.25, 0.3) is 6.08 Å². The van der Waals surface area contributed by atoms with Gasteiger partial charge < -0.3 is 19.4 Å². The van der Waals surface area contributed by atoms with Gasteiger partial charge in [-0.3, -0.25) is 9.69 Å². The lowest BCUT2D eigenvalue weighted by molar-refractivity contribution is -0.146. The number of nitrogens with zero attached hydrogens (tertiary/aromatic N) is 3. The Bertz CT molecular complexity index is 849. The summed E-state index contributed by atoms with van der Waals surface area (Å²) >= 11 is 0. The Morgan fingerprint density at radius 1 is 1.43 bits per heavy atom. The molecule has 1 atom stereocenters. The highest BCUT2D eigenvalue weighted by molar-refractivity contribution is 6.01. The largest absolute Gasteiger partial charge is 0.451 e. The zero-order chi connectivity index (χ0) is 20.8. The third-order valence-electron chi connectivity index (χ3n) is 4.50. The molecular weight excluding hydrogens is 364 g/mol. The van der Waals surface area contributed by atoms with Crippen LogP contribution in [0.15, 0.2) is 11.6 Å². The smallest absolute Gasteiger partial charge is 0.349 e. The Morgan fingerprint density at radius 3 is 2.71 bits per heavy atom. The van der Waals surface area contributed by atoms with E-state index in [1.165, 1.54) is 6.08 Å². The van der Waals surface area contributed by atoms with Crippen LogP contribution in [-0.4, -0.2) is 60.8 Å². The van der Waals surface area contributed by atoms with Crippen molar-refractivity contribution >= 4 is 24.0 Å². The molecule has 1 aliphatic heterocycles. The predicted octanol–water partition coefficient (Wildman–Crippen LogP) is 1.31. The molecular formula is C19H24N4O5. The Hall–Kier alpha value is -3.12. The standard InChI is InChI=1S/C19H24N4O5/c1-12-7-15(14(3)23(12)13(2)10-27-4)8-16(9-20)18(25)28-11-17(24)22-6-5-21-19(22)26/h7-8,13H,5-6,10-11H2,1-4H3,(H,21,26)/b16-8+/t13-/m1/s1. The lowest BCUT2D eigenvalue weighted by atomic mass is 10.1. The summed E-state index contributed by atoms with van der Waals surface area (Å²) in [5.41, 5.74) is 2.33. The van der Waals surface area contributed by atoms with Crippen molar-refractivity contribution in [3.8, 4) is 6.07 Å². The second-order valence-electron chi connectivity index (χ2n) is 6.52. The molecule has 0 bridgehead atoms. The van der Waals surface area contributed by atoms with E-state index < -0.39 is 24.5 Å². The van der Waals surface area contributed by atoms with E-state index >= 15 is 0 Å². The molecule has 1 aliphatic rings. The van der Waals surface area contributed by atoms with Crippen molar-refractivity contribution in [1.29, 1.82) is 5.26 Å². The summed E-state index contributed by atoms with van der Waals surface area (Å²) < 4.78 is 12.2. The normalized spacial score (nSPS) is 15.2. The highest BCUT2D eigenvalue weighted by Crippen LogP contribution is 2.23. The number of ether oxygens (including phenoxy) is 2. The maximum Gasteiger partial charge on any atom is 0.349 e. The molecule has 0 spiro atoms. The molecule has 9 nitrogen and oxygen atoms in total. The zero-order valence-corrected chi connectivity index (χ0v) is 16.4. The molecule has 1 aromatic rings. The average Bonchev–Trinajstić information content (AvgIpc) is 3.20. The van der Waals surface area contributed by atoms with Gasteiger partial charge in [-0.05, 0) is 38.5 Å². The minimum atomic E-state index is -0.912.